The van der Waals surface area contributed by atoms with Crippen LogP contribution in [0.15, 0.2) is 23.7 Å². The molecule has 1 aliphatic heterocycles. The number of allylic oxidation sites excluding steroid dienone is 1. The molecule has 2 heteroatoms. The van der Waals surface area contributed by atoms with Gasteiger partial charge in [-0.15, -0.1) is 0 Å². The van der Waals surface area contributed by atoms with Crippen molar-refractivity contribution in [3.05, 3.63) is 23.7 Å². The van der Waals surface area contributed by atoms with E-state index in [0.29, 0.717) is 0 Å². The van der Waals surface area contributed by atoms with Gasteiger partial charge in [0.25, 0.3) is 0 Å². The summed E-state index contributed by atoms with van der Waals surface area (Å²) in [7, 11) is 1.80. The van der Waals surface area contributed by atoms with Gasteiger partial charge in [-0.2, -0.15) is 0 Å². The van der Waals surface area contributed by atoms with E-state index in [1.54, 1.807) is 7.05 Å². The van der Waals surface area contributed by atoms with Crippen LogP contribution in [-0.4, -0.2) is 25.0 Å². The maximum Gasteiger partial charge on any atom is 0.142 e. The molecule has 0 spiro atoms. The molecule has 0 amide bonds. The molecule has 0 atom stereocenters. The standard InChI is InChI=1S/C12H16N2/c1-3-7-12(8-9-13-2)14-10-5-4-6-11-14/h13H,1,4-6,10-11H2,2H3. The summed E-state index contributed by atoms with van der Waals surface area (Å²) in [6.07, 6.45) is 3.80. The van der Waals surface area contributed by atoms with Crippen LogP contribution in [0.2, 0.25) is 0 Å². The fraction of sp³-hybridized carbons (Fsp3) is 0.500. The zero-order chi connectivity index (χ0) is 10.2. The Morgan fingerprint density at radius 2 is 2.00 bits per heavy atom. The zero-order valence-corrected chi connectivity index (χ0v) is 8.69. The second-order valence-electron chi connectivity index (χ2n) is 3.20. The second kappa shape index (κ2) is 6.00. The Hall–Kier alpha value is -1.54. The van der Waals surface area contributed by atoms with Crippen LogP contribution in [0.1, 0.15) is 19.3 Å². The molecule has 0 unspecified atom stereocenters. The molecule has 0 saturated carbocycles. The van der Waals surface area contributed by atoms with Crippen LogP contribution in [-0.2, 0) is 0 Å². The molecule has 74 valence electrons. The lowest BCUT2D eigenvalue weighted by Crippen LogP contribution is -2.28. The Balaban J connectivity index is 2.77. The topological polar surface area (TPSA) is 15.3 Å². The van der Waals surface area contributed by atoms with Crippen molar-refractivity contribution in [2.45, 2.75) is 19.3 Å². The minimum Gasteiger partial charge on any atom is -0.358 e. The van der Waals surface area contributed by atoms with Gasteiger partial charge in [-0.05, 0) is 37.5 Å². The molecule has 2 nitrogen and oxygen atoms in total. The van der Waals surface area contributed by atoms with Crippen molar-refractivity contribution in [2.24, 2.45) is 0 Å². The molecular weight excluding hydrogens is 172 g/mol. The maximum absolute atomic E-state index is 3.53. The number of hydrogen-bond acceptors (Lipinski definition) is 2. The molecule has 0 aromatic carbocycles. The van der Waals surface area contributed by atoms with Gasteiger partial charge in [-0.1, -0.05) is 5.73 Å². The van der Waals surface area contributed by atoms with Crippen molar-refractivity contribution in [3.63, 3.8) is 0 Å². The van der Waals surface area contributed by atoms with Gasteiger partial charge in [0.2, 0.25) is 0 Å². The Morgan fingerprint density at radius 1 is 1.29 bits per heavy atom. The predicted octanol–water partition coefficient (Wildman–Crippen LogP) is 1.48. The van der Waals surface area contributed by atoms with Crippen LogP contribution in [0, 0.1) is 12.0 Å². The quantitative estimate of drug-likeness (QED) is 0.381. The number of likely N-dealkylation sites (tertiary alicyclic amines) is 1. The Bertz CT molecular complexity index is 314. The molecule has 1 saturated heterocycles. The van der Waals surface area contributed by atoms with Crippen LogP contribution in [0.5, 0.6) is 0 Å². The second-order valence-corrected chi connectivity index (χ2v) is 3.20. The predicted molar refractivity (Wildman–Crippen MR) is 58.4 cm³/mol. The largest absolute Gasteiger partial charge is 0.358 e. The summed E-state index contributed by atoms with van der Waals surface area (Å²) in [6.45, 7) is 5.68. The lowest BCUT2D eigenvalue weighted by atomic mass is 10.1. The highest BCUT2D eigenvalue weighted by molar-refractivity contribution is 5.26. The molecular formula is C12H16N2. The fourth-order valence-corrected chi connectivity index (χ4v) is 1.51. The lowest BCUT2D eigenvalue weighted by molar-refractivity contribution is 0.296. The lowest BCUT2D eigenvalue weighted by Gasteiger charge is -2.26. The summed E-state index contributed by atoms with van der Waals surface area (Å²) in [5.74, 6) is 3.01. The van der Waals surface area contributed by atoms with Crippen molar-refractivity contribution in [1.29, 1.82) is 0 Å². The molecule has 0 bridgehead atoms. The summed E-state index contributed by atoms with van der Waals surface area (Å²) < 4.78 is 0. The van der Waals surface area contributed by atoms with Crippen LogP contribution in [0.4, 0.5) is 0 Å². The molecule has 1 aliphatic rings. The first-order valence-corrected chi connectivity index (χ1v) is 4.96. The molecule has 0 aromatic rings. The van der Waals surface area contributed by atoms with E-state index < -0.39 is 0 Å². The van der Waals surface area contributed by atoms with Gasteiger partial charge >= 0.3 is 0 Å². The molecule has 1 heterocycles. The Labute approximate surface area is 86.0 Å². The summed E-state index contributed by atoms with van der Waals surface area (Å²) >= 11 is 0. The van der Waals surface area contributed by atoms with Gasteiger partial charge in [0.15, 0.2) is 0 Å². The van der Waals surface area contributed by atoms with Crippen molar-refractivity contribution < 1.29 is 0 Å². The number of nitrogens with zero attached hydrogens (tertiary/aromatic N) is 1. The molecule has 1 fully saturated rings. The van der Waals surface area contributed by atoms with E-state index in [2.05, 4.69) is 40.2 Å². The number of rotatable bonds is 1. The molecule has 14 heavy (non-hydrogen) atoms. The van der Waals surface area contributed by atoms with E-state index in [0.717, 1.165) is 18.8 Å². The fourth-order valence-electron chi connectivity index (χ4n) is 1.51. The van der Waals surface area contributed by atoms with E-state index in [1.807, 2.05) is 0 Å². The third kappa shape index (κ3) is 3.07. The van der Waals surface area contributed by atoms with Crippen molar-refractivity contribution >= 4 is 0 Å². The minimum atomic E-state index is 0.897. The molecule has 0 radical (unpaired) electrons. The SMILES string of the molecule is C=C=C=C(C#CNC)N1CCCCC1. The van der Waals surface area contributed by atoms with Crippen molar-refractivity contribution in [2.75, 3.05) is 20.1 Å². The molecule has 0 aromatic heterocycles. The maximum atomic E-state index is 3.53. The van der Waals surface area contributed by atoms with E-state index in [-0.39, 0.29) is 0 Å². The van der Waals surface area contributed by atoms with Crippen molar-refractivity contribution in [3.8, 4) is 12.0 Å². The summed E-state index contributed by atoms with van der Waals surface area (Å²) in [5.41, 5.74) is 6.52. The van der Waals surface area contributed by atoms with Gasteiger partial charge < -0.3 is 10.2 Å². The van der Waals surface area contributed by atoms with Crippen LogP contribution < -0.4 is 5.32 Å². The molecule has 1 N–H and O–H groups in total. The molecule has 1 rings (SSSR count). The van der Waals surface area contributed by atoms with E-state index in [9.17, 15) is 0 Å². The first-order chi connectivity index (χ1) is 6.88. The van der Waals surface area contributed by atoms with Crippen LogP contribution >= 0.6 is 0 Å². The first-order valence-electron chi connectivity index (χ1n) is 4.96. The highest BCUT2D eigenvalue weighted by Gasteiger charge is 2.11. The number of nitrogens with one attached hydrogen (secondary N) is 1. The third-order valence-electron chi connectivity index (χ3n) is 2.18. The van der Waals surface area contributed by atoms with Crippen LogP contribution in [0.3, 0.4) is 0 Å². The zero-order valence-electron chi connectivity index (χ0n) is 8.69. The van der Waals surface area contributed by atoms with Crippen LogP contribution in [0.25, 0.3) is 0 Å². The van der Waals surface area contributed by atoms with Gasteiger partial charge in [-0.3, -0.25) is 0 Å². The summed E-state index contributed by atoms with van der Waals surface area (Å²) in [4.78, 5) is 2.24. The van der Waals surface area contributed by atoms with Gasteiger partial charge in [-0.25, -0.2) is 0 Å². The average molecular weight is 188 g/mol. The highest BCUT2D eigenvalue weighted by atomic mass is 15.1. The van der Waals surface area contributed by atoms with E-state index in [1.165, 1.54) is 19.3 Å². The normalized spacial score (nSPS) is 14.5. The Kier molecular flexibility index (Phi) is 4.51. The first kappa shape index (κ1) is 10.5. The minimum absolute atomic E-state index is 0.897. The molecule has 0 aliphatic carbocycles. The smallest absolute Gasteiger partial charge is 0.142 e. The third-order valence-corrected chi connectivity index (χ3v) is 2.18. The summed E-state index contributed by atoms with van der Waals surface area (Å²) in [5, 5.41) is 2.80. The number of piperidine rings is 1. The van der Waals surface area contributed by atoms with Gasteiger partial charge in [0.1, 0.15) is 5.70 Å². The highest BCUT2D eigenvalue weighted by Crippen LogP contribution is 2.12. The monoisotopic (exact) mass is 188 g/mol. The van der Waals surface area contributed by atoms with Crippen molar-refractivity contribution in [1.82, 2.24) is 10.2 Å². The number of hydrogen-bond donors (Lipinski definition) is 1. The van der Waals surface area contributed by atoms with Gasteiger partial charge in [0, 0.05) is 26.2 Å². The van der Waals surface area contributed by atoms with Gasteiger partial charge in [0.05, 0.1) is 0 Å². The average Bonchev–Trinajstić information content (AvgIpc) is 2.25. The summed E-state index contributed by atoms with van der Waals surface area (Å²) in [6, 6.07) is 2.82. The van der Waals surface area contributed by atoms with E-state index in [4.69, 9.17) is 0 Å². The Morgan fingerprint density at radius 3 is 2.57 bits per heavy atom. The van der Waals surface area contributed by atoms with E-state index >= 15 is 0 Å².